The van der Waals surface area contributed by atoms with Crippen LogP contribution in [-0.4, -0.2) is 54.9 Å². The first kappa shape index (κ1) is 19.6. The number of benzene rings is 2. The van der Waals surface area contributed by atoms with Crippen LogP contribution >= 0.6 is 0 Å². The normalized spacial score (nSPS) is 14.4. The topological polar surface area (TPSA) is 49.9 Å². The SMILES string of the molecule is COc1cccc(C=CC(=O)N2CCN(C(=O)Cc3ccccc3F)CC2)c1. The first-order valence-corrected chi connectivity index (χ1v) is 9.19. The van der Waals surface area contributed by atoms with E-state index < -0.39 is 0 Å². The fourth-order valence-corrected chi connectivity index (χ4v) is 3.11. The maximum atomic E-state index is 13.7. The average Bonchev–Trinajstić information content (AvgIpc) is 2.74. The summed E-state index contributed by atoms with van der Waals surface area (Å²) in [5, 5.41) is 0. The molecule has 0 atom stereocenters. The van der Waals surface area contributed by atoms with Gasteiger partial charge in [0.05, 0.1) is 13.5 Å². The second kappa shape index (κ2) is 9.17. The van der Waals surface area contributed by atoms with E-state index in [-0.39, 0.29) is 24.1 Å². The monoisotopic (exact) mass is 382 g/mol. The Kier molecular flexibility index (Phi) is 6.42. The van der Waals surface area contributed by atoms with Crippen molar-refractivity contribution in [1.82, 2.24) is 9.80 Å². The maximum absolute atomic E-state index is 13.7. The number of amides is 2. The van der Waals surface area contributed by atoms with E-state index in [2.05, 4.69) is 0 Å². The van der Waals surface area contributed by atoms with Crippen molar-refractivity contribution >= 4 is 17.9 Å². The van der Waals surface area contributed by atoms with E-state index in [1.165, 1.54) is 12.1 Å². The summed E-state index contributed by atoms with van der Waals surface area (Å²) in [6.45, 7) is 1.83. The van der Waals surface area contributed by atoms with Gasteiger partial charge >= 0.3 is 0 Å². The molecular weight excluding hydrogens is 359 g/mol. The van der Waals surface area contributed by atoms with Crippen LogP contribution in [0, 0.1) is 5.82 Å². The zero-order valence-corrected chi connectivity index (χ0v) is 15.8. The number of carbonyl (C=O) groups excluding carboxylic acids is 2. The van der Waals surface area contributed by atoms with Crippen molar-refractivity contribution in [2.45, 2.75) is 6.42 Å². The Bertz CT molecular complexity index is 874. The number of rotatable bonds is 5. The lowest BCUT2D eigenvalue weighted by atomic mass is 10.1. The molecule has 2 amide bonds. The second-order valence-corrected chi connectivity index (χ2v) is 6.58. The summed E-state index contributed by atoms with van der Waals surface area (Å²) < 4.78 is 18.9. The van der Waals surface area contributed by atoms with Crippen LogP contribution in [0.3, 0.4) is 0 Å². The van der Waals surface area contributed by atoms with Crippen LogP contribution in [0.25, 0.3) is 6.08 Å². The first-order valence-electron chi connectivity index (χ1n) is 9.19. The molecule has 0 aromatic heterocycles. The molecule has 1 fully saturated rings. The summed E-state index contributed by atoms with van der Waals surface area (Å²) in [5.41, 5.74) is 1.28. The van der Waals surface area contributed by atoms with Crippen molar-refractivity contribution in [2.24, 2.45) is 0 Å². The number of methoxy groups -OCH3 is 1. The molecule has 3 rings (SSSR count). The van der Waals surface area contributed by atoms with Crippen molar-refractivity contribution in [1.29, 1.82) is 0 Å². The van der Waals surface area contributed by atoms with E-state index in [0.717, 1.165) is 11.3 Å². The summed E-state index contributed by atoms with van der Waals surface area (Å²) in [6, 6.07) is 13.8. The standard InChI is InChI=1S/C22H23FN2O3/c1-28-19-7-4-5-17(15-19)9-10-21(26)24-11-13-25(14-12-24)22(27)16-18-6-2-3-8-20(18)23/h2-10,15H,11-14,16H2,1H3. The van der Waals surface area contributed by atoms with Gasteiger partial charge in [0.25, 0.3) is 0 Å². The summed E-state index contributed by atoms with van der Waals surface area (Å²) in [7, 11) is 1.60. The molecule has 1 saturated heterocycles. The predicted molar refractivity (Wildman–Crippen MR) is 105 cm³/mol. The van der Waals surface area contributed by atoms with Gasteiger partial charge in [0.2, 0.25) is 11.8 Å². The average molecular weight is 382 g/mol. The van der Waals surface area contributed by atoms with Crippen LogP contribution in [0.15, 0.2) is 54.6 Å². The van der Waals surface area contributed by atoms with Gasteiger partial charge in [-0.05, 0) is 35.4 Å². The Labute approximate surface area is 164 Å². The van der Waals surface area contributed by atoms with Gasteiger partial charge in [-0.2, -0.15) is 0 Å². The minimum absolute atomic E-state index is 0.0381. The van der Waals surface area contributed by atoms with Gasteiger partial charge in [0.15, 0.2) is 0 Å². The Morgan fingerprint density at radius 2 is 1.75 bits per heavy atom. The molecule has 0 N–H and O–H groups in total. The van der Waals surface area contributed by atoms with Gasteiger partial charge in [-0.15, -0.1) is 0 Å². The summed E-state index contributed by atoms with van der Waals surface area (Å²) in [5.74, 6) is 0.150. The number of nitrogens with zero attached hydrogens (tertiary/aromatic N) is 2. The molecular formula is C22H23FN2O3. The van der Waals surface area contributed by atoms with Gasteiger partial charge in [-0.25, -0.2) is 4.39 Å². The quantitative estimate of drug-likeness (QED) is 0.748. The zero-order chi connectivity index (χ0) is 19.9. The zero-order valence-electron chi connectivity index (χ0n) is 15.8. The molecule has 6 heteroatoms. The number of piperazine rings is 1. The second-order valence-electron chi connectivity index (χ2n) is 6.58. The molecule has 1 aliphatic heterocycles. The van der Waals surface area contributed by atoms with Crippen LogP contribution in [0.5, 0.6) is 5.75 Å². The lowest BCUT2D eigenvalue weighted by Crippen LogP contribution is -2.50. The highest BCUT2D eigenvalue weighted by Crippen LogP contribution is 2.14. The third-order valence-electron chi connectivity index (χ3n) is 4.76. The van der Waals surface area contributed by atoms with Gasteiger partial charge < -0.3 is 14.5 Å². The maximum Gasteiger partial charge on any atom is 0.246 e. The van der Waals surface area contributed by atoms with Crippen molar-refractivity contribution in [3.63, 3.8) is 0 Å². The molecule has 146 valence electrons. The minimum Gasteiger partial charge on any atom is -0.497 e. The molecule has 0 unspecified atom stereocenters. The molecule has 1 aliphatic rings. The Balaban J connectivity index is 1.51. The highest BCUT2D eigenvalue weighted by atomic mass is 19.1. The molecule has 28 heavy (non-hydrogen) atoms. The molecule has 0 radical (unpaired) electrons. The number of hydrogen-bond acceptors (Lipinski definition) is 3. The molecule has 0 saturated carbocycles. The molecule has 2 aromatic rings. The third kappa shape index (κ3) is 4.97. The van der Waals surface area contributed by atoms with Crippen LogP contribution in [0.4, 0.5) is 4.39 Å². The highest BCUT2D eigenvalue weighted by Gasteiger charge is 2.23. The van der Waals surface area contributed by atoms with E-state index >= 15 is 0 Å². The Hall–Kier alpha value is -3.15. The minimum atomic E-state index is -0.368. The van der Waals surface area contributed by atoms with Crippen LogP contribution in [0.1, 0.15) is 11.1 Å². The molecule has 0 spiro atoms. The lowest BCUT2D eigenvalue weighted by molar-refractivity contribution is -0.136. The largest absolute Gasteiger partial charge is 0.497 e. The van der Waals surface area contributed by atoms with Crippen molar-refractivity contribution in [3.8, 4) is 5.75 Å². The summed E-state index contributed by atoms with van der Waals surface area (Å²) >= 11 is 0. The number of hydrogen-bond donors (Lipinski definition) is 0. The van der Waals surface area contributed by atoms with E-state index in [9.17, 15) is 14.0 Å². The van der Waals surface area contributed by atoms with Gasteiger partial charge in [0.1, 0.15) is 11.6 Å². The molecule has 5 nitrogen and oxygen atoms in total. The summed E-state index contributed by atoms with van der Waals surface area (Å²) in [4.78, 5) is 28.2. The van der Waals surface area contributed by atoms with Crippen LogP contribution in [-0.2, 0) is 16.0 Å². The number of halogens is 1. The van der Waals surface area contributed by atoms with Crippen molar-refractivity contribution < 1.29 is 18.7 Å². The van der Waals surface area contributed by atoms with Crippen molar-refractivity contribution in [2.75, 3.05) is 33.3 Å². The first-order chi connectivity index (χ1) is 13.6. The number of ether oxygens (including phenoxy) is 1. The Morgan fingerprint density at radius 1 is 1.04 bits per heavy atom. The van der Waals surface area contributed by atoms with E-state index in [1.807, 2.05) is 24.3 Å². The van der Waals surface area contributed by atoms with E-state index in [1.54, 1.807) is 41.2 Å². The summed E-state index contributed by atoms with van der Waals surface area (Å²) in [6.07, 6.45) is 3.32. The molecule has 2 aromatic carbocycles. The molecule has 0 aliphatic carbocycles. The number of carbonyl (C=O) groups is 2. The van der Waals surface area contributed by atoms with E-state index in [0.29, 0.717) is 31.7 Å². The van der Waals surface area contributed by atoms with Gasteiger partial charge in [-0.1, -0.05) is 30.3 Å². The van der Waals surface area contributed by atoms with Gasteiger partial charge in [0, 0.05) is 32.3 Å². The molecule has 1 heterocycles. The van der Waals surface area contributed by atoms with E-state index in [4.69, 9.17) is 4.74 Å². The fraction of sp³-hybridized carbons (Fsp3) is 0.273. The lowest BCUT2D eigenvalue weighted by Gasteiger charge is -2.34. The predicted octanol–water partition coefficient (Wildman–Crippen LogP) is 2.76. The fourth-order valence-electron chi connectivity index (χ4n) is 3.11. The molecule has 0 bridgehead atoms. The van der Waals surface area contributed by atoms with Crippen LogP contribution in [0.2, 0.25) is 0 Å². The third-order valence-corrected chi connectivity index (χ3v) is 4.76. The smallest absolute Gasteiger partial charge is 0.246 e. The highest BCUT2D eigenvalue weighted by molar-refractivity contribution is 5.92. The van der Waals surface area contributed by atoms with Gasteiger partial charge in [-0.3, -0.25) is 9.59 Å². The van der Waals surface area contributed by atoms with Crippen LogP contribution < -0.4 is 4.74 Å². The Morgan fingerprint density at radius 3 is 2.46 bits per heavy atom. The van der Waals surface area contributed by atoms with Crippen molar-refractivity contribution in [3.05, 3.63) is 71.6 Å².